The van der Waals surface area contributed by atoms with Crippen LogP contribution in [0, 0.1) is 3.57 Å². The summed E-state index contributed by atoms with van der Waals surface area (Å²) in [6.45, 7) is 1.95. The van der Waals surface area contributed by atoms with Crippen molar-refractivity contribution in [2.24, 2.45) is 0 Å². The van der Waals surface area contributed by atoms with Crippen LogP contribution in [0.3, 0.4) is 0 Å². The van der Waals surface area contributed by atoms with Gasteiger partial charge in [-0.25, -0.2) is 9.59 Å². The van der Waals surface area contributed by atoms with E-state index in [1.165, 1.54) is 7.11 Å². The molecule has 0 heterocycles. The van der Waals surface area contributed by atoms with Gasteiger partial charge < -0.3 is 14.8 Å². The minimum atomic E-state index is -0.746. The first-order valence-corrected chi connectivity index (χ1v) is 6.90. The fraction of sp³-hybridized carbons (Fsp3) is 0.385. The van der Waals surface area contributed by atoms with E-state index in [1.807, 2.05) is 24.3 Å². The summed E-state index contributed by atoms with van der Waals surface area (Å²) in [5.74, 6) is -0.494. The molecule has 0 bridgehead atoms. The molecule has 0 saturated heterocycles. The maximum atomic E-state index is 11.6. The predicted molar refractivity (Wildman–Crippen MR) is 78.8 cm³/mol. The second-order valence-electron chi connectivity index (χ2n) is 3.77. The first kappa shape index (κ1) is 15.7. The Bertz CT molecular complexity index is 433. The molecular formula is C13H16INO4. The quantitative estimate of drug-likeness (QED) is 0.631. The lowest BCUT2D eigenvalue weighted by Gasteiger charge is -2.16. The molecule has 0 aromatic heterocycles. The first-order valence-electron chi connectivity index (χ1n) is 5.82. The van der Waals surface area contributed by atoms with Crippen molar-refractivity contribution in [1.82, 2.24) is 5.32 Å². The van der Waals surface area contributed by atoms with Gasteiger partial charge in [0.15, 0.2) is 0 Å². The maximum Gasteiger partial charge on any atom is 0.407 e. The third-order valence-electron chi connectivity index (χ3n) is 2.41. The number of amides is 1. The van der Waals surface area contributed by atoms with E-state index in [9.17, 15) is 9.59 Å². The molecule has 1 unspecified atom stereocenters. The van der Waals surface area contributed by atoms with Gasteiger partial charge in [-0.1, -0.05) is 12.1 Å². The van der Waals surface area contributed by atoms with E-state index in [4.69, 9.17) is 4.74 Å². The Labute approximate surface area is 125 Å². The Hall–Kier alpha value is -1.31. The maximum absolute atomic E-state index is 11.6. The summed E-state index contributed by atoms with van der Waals surface area (Å²) >= 11 is 2.20. The number of halogens is 1. The van der Waals surface area contributed by atoms with Crippen molar-refractivity contribution >= 4 is 34.7 Å². The van der Waals surface area contributed by atoms with Gasteiger partial charge in [-0.3, -0.25) is 0 Å². The van der Waals surface area contributed by atoms with Gasteiger partial charge in [0.2, 0.25) is 0 Å². The number of hydrogen-bond acceptors (Lipinski definition) is 4. The molecule has 0 spiro atoms. The molecule has 1 aromatic carbocycles. The van der Waals surface area contributed by atoms with E-state index < -0.39 is 18.1 Å². The molecule has 19 heavy (non-hydrogen) atoms. The Morgan fingerprint density at radius 3 is 2.47 bits per heavy atom. The molecule has 5 nitrogen and oxygen atoms in total. The Kier molecular flexibility index (Phi) is 6.61. The molecule has 1 amide bonds. The lowest BCUT2D eigenvalue weighted by molar-refractivity contribution is -0.142. The predicted octanol–water partition coefficient (Wildman–Crippen LogP) is 2.12. The minimum Gasteiger partial charge on any atom is -0.467 e. The van der Waals surface area contributed by atoms with Crippen LogP contribution in [-0.2, 0) is 20.7 Å². The van der Waals surface area contributed by atoms with E-state index in [0.717, 1.165) is 9.13 Å². The molecule has 0 radical (unpaired) electrons. The SMILES string of the molecule is CCOC(=O)NC(Cc1ccc(I)cc1)C(=O)OC. The normalized spacial score (nSPS) is 11.5. The molecule has 0 saturated carbocycles. The Morgan fingerprint density at radius 2 is 1.95 bits per heavy atom. The number of carbonyl (C=O) groups is 2. The van der Waals surface area contributed by atoms with Crippen LogP contribution in [0.15, 0.2) is 24.3 Å². The molecule has 1 aromatic rings. The van der Waals surface area contributed by atoms with Gasteiger partial charge >= 0.3 is 12.1 Å². The number of alkyl carbamates (subject to hydrolysis) is 1. The van der Waals surface area contributed by atoms with Crippen molar-refractivity contribution in [2.75, 3.05) is 13.7 Å². The highest BCUT2D eigenvalue weighted by Gasteiger charge is 2.22. The van der Waals surface area contributed by atoms with Gasteiger partial charge in [0.05, 0.1) is 13.7 Å². The summed E-state index contributed by atoms with van der Waals surface area (Å²) < 4.78 is 10.5. The van der Waals surface area contributed by atoms with E-state index in [1.54, 1.807) is 6.92 Å². The van der Waals surface area contributed by atoms with Crippen LogP contribution >= 0.6 is 22.6 Å². The standard InChI is InChI=1S/C13H16INO4/c1-3-19-13(17)15-11(12(16)18-2)8-9-4-6-10(14)7-5-9/h4-7,11H,3,8H2,1-2H3,(H,15,17). The fourth-order valence-electron chi connectivity index (χ4n) is 1.51. The Balaban J connectivity index is 2.71. The molecule has 0 aliphatic carbocycles. The molecule has 6 heteroatoms. The average Bonchev–Trinajstić information content (AvgIpc) is 2.40. The number of rotatable bonds is 5. The largest absolute Gasteiger partial charge is 0.467 e. The molecular weight excluding hydrogens is 361 g/mol. The number of nitrogens with one attached hydrogen (secondary N) is 1. The molecule has 0 fully saturated rings. The highest BCUT2D eigenvalue weighted by Crippen LogP contribution is 2.09. The second-order valence-corrected chi connectivity index (χ2v) is 5.02. The minimum absolute atomic E-state index is 0.253. The van der Waals surface area contributed by atoms with E-state index in [-0.39, 0.29) is 6.61 Å². The summed E-state index contributed by atoms with van der Waals surface area (Å²) in [7, 11) is 1.29. The molecule has 1 N–H and O–H groups in total. The monoisotopic (exact) mass is 377 g/mol. The van der Waals surface area contributed by atoms with Gasteiger partial charge in [-0.2, -0.15) is 0 Å². The topological polar surface area (TPSA) is 64.6 Å². The van der Waals surface area contributed by atoms with Gasteiger partial charge in [0.25, 0.3) is 0 Å². The van der Waals surface area contributed by atoms with Gasteiger partial charge in [-0.15, -0.1) is 0 Å². The fourth-order valence-corrected chi connectivity index (χ4v) is 1.87. The zero-order valence-corrected chi connectivity index (χ0v) is 13.0. The van der Waals surface area contributed by atoms with Crippen molar-refractivity contribution in [3.63, 3.8) is 0 Å². The van der Waals surface area contributed by atoms with Crippen molar-refractivity contribution in [2.45, 2.75) is 19.4 Å². The third kappa shape index (κ3) is 5.46. The zero-order chi connectivity index (χ0) is 14.3. The molecule has 1 atom stereocenters. The zero-order valence-electron chi connectivity index (χ0n) is 10.8. The van der Waals surface area contributed by atoms with E-state index in [0.29, 0.717) is 6.42 Å². The number of ether oxygens (including phenoxy) is 2. The van der Waals surface area contributed by atoms with Crippen molar-refractivity contribution in [3.05, 3.63) is 33.4 Å². The first-order chi connectivity index (χ1) is 9.06. The number of methoxy groups -OCH3 is 1. The van der Waals surface area contributed by atoms with E-state index in [2.05, 4.69) is 32.6 Å². The van der Waals surface area contributed by atoms with Gasteiger partial charge in [0.1, 0.15) is 6.04 Å². The summed E-state index contributed by atoms with van der Waals surface area (Å²) in [6.07, 6.45) is -0.258. The van der Waals surface area contributed by atoms with Gasteiger partial charge in [0, 0.05) is 9.99 Å². The van der Waals surface area contributed by atoms with E-state index >= 15 is 0 Å². The molecule has 0 aliphatic heterocycles. The molecule has 0 aliphatic rings. The number of benzene rings is 1. The van der Waals surface area contributed by atoms with Crippen LogP contribution in [0.5, 0.6) is 0 Å². The smallest absolute Gasteiger partial charge is 0.407 e. The number of hydrogen-bond donors (Lipinski definition) is 1. The van der Waals surface area contributed by atoms with Crippen molar-refractivity contribution in [3.8, 4) is 0 Å². The van der Waals surface area contributed by atoms with Crippen LogP contribution in [0.2, 0.25) is 0 Å². The van der Waals surface area contributed by atoms with Crippen LogP contribution in [0.25, 0.3) is 0 Å². The highest BCUT2D eigenvalue weighted by atomic mass is 127. The summed E-state index contributed by atoms with van der Waals surface area (Å²) in [5.41, 5.74) is 0.938. The second kappa shape index (κ2) is 7.98. The average molecular weight is 377 g/mol. The van der Waals surface area contributed by atoms with Gasteiger partial charge in [-0.05, 0) is 47.2 Å². The van der Waals surface area contributed by atoms with Crippen molar-refractivity contribution in [1.29, 1.82) is 0 Å². The third-order valence-corrected chi connectivity index (χ3v) is 3.13. The lowest BCUT2D eigenvalue weighted by Crippen LogP contribution is -2.43. The Morgan fingerprint density at radius 1 is 1.32 bits per heavy atom. The molecule has 1 rings (SSSR count). The van der Waals surface area contributed by atoms with Crippen molar-refractivity contribution < 1.29 is 19.1 Å². The number of esters is 1. The van der Waals surface area contributed by atoms with Crippen LogP contribution in [0.4, 0.5) is 4.79 Å². The van der Waals surface area contributed by atoms with Crippen LogP contribution in [-0.4, -0.2) is 31.8 Å². The molecule has 104 valence electrons. The summed E-state index contributed by atoms with van der Waals surface area (Å²) in [4.78, 5) is 23.0. The summed E-state index contributed by atoms with van der Waals surface area (Å²) in [6, 6.07) is 6.95. The number of carbonyl (C=O) groups excluding carboxylic acids is 2. The van der Waals surface area contributed by atoms with Crippen LogP contribution in [0.1, 0.15) is 12.5 Å². The highest BCUT2D eigenvalue weighted by molar-refractivity contribution is 14.1. The lowest BCUT2D eigenvalue weighted by atomic mass is 10.1. The van der Waals surface area contributed by atoms with Crippen LogP contribution < -0.4 is 5.32 Å². The summed E-state index contributed by atoms with van der Waals surface area (Å²) in [5, 5.41) is 2.49.